The van der Waals surface area contributed by atoms with E-state index in [0.29, 0.717) is 5.56 Å². The fraction of sp³-hybridized carbons (Fsp3) is 0.167. The Balaban J connectivity index is 1.46. The lowest BCUT2D eigenvalue weighted by Gasteiger charge is -2.26. The van der Waals surface area contributed by atoms with Crippen LogP contribution in [-0.2, 0) is 14.3 Å². The van der Waals surface area contributed by atoms with Crippen molar-refractivity contribution >= 4 is 40.9 Å². The molecular formula is C30H21NO6. The van der Waals surface area contributed by atoms with Crippen molar-refractivity contribution in [2.75, 3.05) is 4.90 Å². The number of rotatable bonds is 4. The highest BCUT2D eigenvalue weighted by Crippen LogP contribution is 2.53. The molecule has 1 aliphatic carbocycles. The van der Waals surface area contributed by atoms with Crippen molar-refractivity contribution < 1.29 is 28.7 Å². The smallest absolute Gasteiger partial charge is 0.241 e. The van der Waals surface area contributed by atoms with E-state index in [-0.39, 0.29) is 22.6 Å². The Hall–Kier alpha value is -4.49. The zero-order valence-corrected chi connectivity index (χ0v) is 19.8. The third kappa shape index (κ3) is 3.21. The van der Waals surface area contributed by atoms with Gasteiger partial charge in [0.25, 0.3) is 0 Å². The van der Waals surface area contributed by atoms with Crippen molar-refractivity contribution in [2.24, 2.45) is 11.8 Å². The second-order valence-electron chi connectivity index (χ2n) is 9.41. The number of hydrogen-bond donors (Lipinski definition) is 0. The molecule has 3 atom stereocenters. The zero-order chi connectivity index (χ0) is 25.9. The lowest BCUT2D eigenvalue weighted by atomic mass is 9.78. The first-order valence-electron chi connectivity index (χ1n) is 11.9. The van der Waals surface area contributed by atoms with Crippen molar-refractivity contribution in [1.82, 2.24) is 0 Å². The Morgan fingerprint density at radius 1 is 0.811 bits per heavy atom. The number of carbonyl (C=O) groups is 5. The average Bonchev–Trinajstić information content (AvgIpc) is 3.47. The molecule has 2 aliphatic heterocycles. The van der Waals surface area contributed by atoms with Crippen LogP contribution < -0.4 is 4.90 Å². The molecule has 2 fully saturated rings. The summed E-state index contributed by atoms with van der Waals surface area (Å²) >= 11 is 0. The van der Waals surface area contributed by atoms with Gasteiger partial charge in [0.2, 0.25) is 29.0 Å². The molecule has 0 bridgehead atoms. The quantitative estimate of drug-likeness (QED) is 0.312. The molecule has 0 N–H and O–H groups in total. The summed E-state index contributed by atoms with van der Waals surface area (Å²) in [5.41, 5.74) is -0.203. The van der Waals surface area contributed by atoms with E-state index >= 15 is 0 Å². The Kier molecular flexibility index (Phi) is 5.14. The van der Waals surface area contributed by atoms with Crippen LogP contribution in [0.5, 0.6) is 0 Å². The van der Waals surface area contributed by atoms with Gasteiger partial charge in [-0.1, -0.05) is 66.7 Å². The molecule has 2 saturated heterocycles. The second kappa shape index (κ2) is 8.28. The SMILES string of the molecule is CC(=O)c1ccc(N2C(=O)[C@H]3[C@@H](/C=C/c4ccccc4)OC4(C(=O)c5ccccc5C4=O)[C@H]3C2=O)cc1. The molecule has 0 saturated carbocycles. The lowest BCUT2D eigenvalue weighted by Crippen LogP contribution is -2.51. The normalized spacial score (nSPS) is 23.8. The van der Waals surface area contributed by atoms with E-state index < -0.39 is 46.9 Å². The molecule has 1 spiro atoms. The zero-order valence-electron chi connectivity index (χ0n) is 19.8. The molecule has 7 nitrogen and oxygen atoms in total. The Labute approximate surface area is 212 Å². The minimum Gasteiger partial charge on any atom is -0.350 e. The molecule has 0 unspecified atom stereocenters. The maximum absolute atomic E-state index is 13.9. The fourth-order valence-electron chi connectivity index (χ4n) is 5.61. The number of Topliss-reactive ketones (excluding diaryl/α,β-unsaturated/α-hetero) is 3. The summed E-state index contributed by atoms with van der Waals surface area (Å²) in [6.07, 6.45) is 2.41. The van der Waals surface area contributed by atoms with Gasteiger partial charge in [-0.3, -0.25) is 24.0 Å². The number of carbonyl (C=O) groups excluding carboxylic acids is 5. The van der Waals surface area contributed by atoms with Gasteiger partial charge in [0.1, 0.15) is 0 Å². The first kappa shape index (κ1) is 22.9. The summed E-state index contributed by atoms with van der Waals surface area (Å²) in [5.74, 6) is -4.96. The first-order valence-corrected chi connectivity index (χ1v) is 11.9. The molecule has 182 valence electrons. The topological polar surface area (TPSA) is 97.8 Å². The van der Waals surface area contributed by atoms with E-state index in [2.05, 4.69) is 0 Å². The number of ketones is 3. The molecule has 3 aromatic carbocycles. The maximum atomic E-state index is 13.9. The van der Waals surface area contributed by atoms with E-state index in [0.717, 1.165) is 10.5 Å². The number of imide groups is 1. The summed E-state index contributed by atoms with van der Waals surface area (Å²) < 4.78 is 6.18. The van der Waals surface area contributed by atoms with Gasteiger partial charge in [-0.25, -0.2) is 4.90 Å². The maximum Gasteiger partial charge on any atom is 0.241 e. The van der Waals surface area contributed by atoms with Gasteiger partial charge >= 0.3 is 0 Å². The Morgan fingerprint density at radius 2 is 1.41 bits per heavy atom. The van der Waals surface area contributed by atoms with E-state index in [4.69, 9.17) is 4.74 Å². The summed E-state index contributed by atoms with van der Waals surface area (Å²) in [4.78, 5) is 67.8. The molecule has 2 amide bonds. The van der Waals surface area contributed by atoms with Gasteiger partial charge in [-0.05, 0) is 36.8 Å². The highest BCUT2D eigenvalue weighted by Gasteiger charge is 2.74. The molecule has 3 aromatic rings. The third-order valence-corrected chi connectivity index (χ3v) is 7.37. The van der Waals surface area contributed by atoms with Crippen molar-refractivity contribution in [3.8, 4) is 0 Å². The van der Waals surface area contributed by atoms with E-state index in [9.17, 15) is 24.0 Å². The molecule has 0 radical (unpaired) electrons. The monoisotopic (exact) mass is 491 g/mol. The summed E-state index contributed by atoms with van der Waals surface area (Å²) in [7, 11) is 0. The van der Waals surface area contributed by atoms with Crippen LogP contribution in [-0.4, -0.2) is 40.9 Å². The molecule has 7 heteroatoms. The molecule has 0 aromatic heterocycles. The van der Waals surface area contributed by atoms with Crippen LogP contribution in [0.15, 0.2) is 84.9 Å². The van der Waals surface area contributed by atoms with Crippen LogP contribution in [0.4, 0.5) is 5.69 Å². The van der Waals surface area contributed by atoms with Gasteiger partial charge in [0, 0.05) is 16.7 Å². The first-order chi connectivity index (χ1) is 17.8. The summed E-state index contributed by atoms with van der Waals surface area (Å²) in [5, 5.41) is 0. The minimum absolute atomic E-state index is 0.152. The van der Waals surface area contributed by atoms with Crippen LogP contribution in [0.2, 0.25) is 0 Å². The van der Waals surface area contributed by atoms with Gasteiger partial charge < -0.3 is 4.74 Å². The van der Waals surface area contributed by atoms with Crippen molar-refractivity contribution in [2.45, 2.75) is 18.6 Å². The van der Waals surface area contributed by atoms with Crippen LogP contribution in [0.3, 0.4) is 0 Å². The Morgan fingerprint density at radius 3 is 2.00 bits per heavy atom. The van der Waals surface area contributed by atoms with Crippen LogP contribution in [0.1, 0.15) is 43.6 Å². The van der Waals surface area contributed by atoms with Crippen LogP contribution in [0.25, 0.3) is 6.08 Å². The average molecular weight is 491 g/mol. The molecule has 6 rings (SSSR count). The van der Waals surface area contributed by atoms with E-state index in [1.807, 2.05) is 30.3 Å². The predicted octanol–water partition coefficient (Wildman–Crippen LogP) is 3.93. The number of nitrogens with zero attached hydrogens (tertiary/aromatic N) is 1. The molecule has 2 heterocycles. The van der Waals surface area contributed by atoms with Gasteiger partial charge in [-0.2, -0.15) is 0 Å². The minimum atomic E-state index is -2.11. The number of hydrogen-bond acceptors (Lipinski definition) is 6. The van der Waals surface area contributed by atoms with Crippen LogP contribution >= 0.6 is 0 Å². The second-order valence-corrected chi connectivity index (χ2v) is 9.41. The highest BCUT2D eigenvalue weighted by atomic mass is 16.5. The largest absolute Gasteiger partial charge is 0.350 e. The van der Waals surface area contributed by atoms with Crippen molar-refractivity contribution in [3.05, 3.63) is 107 Å². The van der Waals surface area contributed by atoms with E-state index in [1.54, 1.807) is 24.3 Å². The summed E-state index contributed by atoms with van der Waals surface area (Å²) in [6, 6.07) is 21.8. The number of amides is 2. The molecular weight excluding hydrogens is 470 g/mol. The van der Waals surface area contributed by atoms with Gasteiger partial charge in [0.05, 0.1) is 23.6 Å². The lowest BCUT2D eigenvalue weighted by molar-refractivity contribution is -0.126. The number of ether oxygens (including phenoxy) is 1. The standard InChI is InChI=1S/C30H21NO6/c1-17(32)19-12-14-20(15-13-19)31-28(35)24-23(16-11-18-7-3-2-4-8-18)37-30(25(24)29(31)36)26(33)21-9-5-6-10-22(21)27(30)34/h2-16,23-25H,1H3/b16-11+/t23-,24+,25-/m1/s1. The highest BCUT2D eigenvalue weighted by molar-refractivity contribution is 6.37. The van der Waals surface area contributed by atoms with Crippen molar-refractivity contribution in [1.29, 1.82) is 0 Å². The van der Waals surface area contributed by atoms with Gasteiger partial charge in [-0.15, -0.1) is 0 Å². The van der Waals surface area contributed by atoms with Gasteiger partial charge in [0.15, 0.2) is 5.78 Å². The van der Waals surface area contributed by atoms with E-state index in [1.165, 1.54) is 43.3 Å². The number of anilines is 1. The number of fused-ring (bicyclic) bond motifs is 3. The predicted molar refractivity (Wildman–Crippen MR) is 134 cm³/mol. The molecule has 3 aliphatic rings. The third-order valence-electron chi connectivity index (χ3n) is 7.37. The molecule has 37 heavy (non-hydrogen) atoms. The van der Waals surface area contributed by atoms with Crippen molar-refractivity contribution in [3.63, 3.8) is 0 Å². The van der Waals surface area contributed by atoms with Crippen LogP contribution in [0, 0.1) is 11.8 Å². The summed E-state index contributed by atoms with van der Waals surface area (Å²) in [6.45, 7) is 1.42. The number of benzene rings is 3. The Bertz CT molecular complexity index is 1490. The fourth-order valence-corrected chi connectivity index (χ4v) is 5.61.